The van der Waals surface area contributed by atoms with Gasteiger partial charge in [0.2, 0.25) is 0 Å². The average Bonchev–Trinajstić information content (AvgIpc) is 2.84. The van der Waals surface area contributed by atoms with Gasteiger partial charge in [0.1, 0.15) is 0 Å². The van der Waals surface area contributed by atoms with Crippen LogP contribution in [0.3, 0.4) is 0 Å². The topological polar surface area (TPSA) is 54.5 Å². The van der Waals surface area contributed by atoms with E-state index in [1.54, 1.807) is 13.3 Å². The van der Waals surface area contributed by atoms with E-state index in [0.717, 1.165) is 36.4 Å². The summed E-state index contributed by atoms with van der Waals surface area (Å²) in [7, 11) is 1.64. The Bertz CT molecular complexity index is 656. The van der Waals surface area contributed by atoms with Crippen LogP contribution in [0.5, 0.6) is 0 Å². The molecule has 116 valence electrons. The van der Waals surface area contributed by atoms with Crippen molar-refractivity contribution in [2.45, 2.75) is 25.9 Å². The maximum Gasteiger partial charge on any atom is 0.328 e. The van der Waals surface area contributed by atoms with E-state index >= 15 is 0 Å². The van der Waals surface area contributed by atoms with E-state index in [2.05, 4.69) is 16.4 Å². The second-order valence-corrected chi connectivity index (χ2v) is 6.35. The highest BCUT2D eigenvalue weighted by atomic mass is 32.1. The van der Waals surface area contributed by atoms with Gasteiger partial charge in [-0.1, -0.05) is 29.5 Å². The summed E-state index contributed by atoms with van der Waals surface area (Å²) in [6.45, 7) is 1.25. The number of benzene rings is 1. The van der Waals surface area contributed by atoms with Crippen LogP contribution in [0.2, 0.25) is 0 Å². The van der Waals surface area contributed by atoms with E-state index in [-0.39, 0.29) is 6.03 Å². The molecule has 0 saturated carbocycles. The number of anilines is 2. The molecule has 0 fully saturated rings. The highest BCUT2D eigenvalue weighted by Gasteiger charge is 2.21. The number of urea groups is 1. The van der Waals surface area contributed by atoms with Crippen LogP contribution in [0.25, 0.3) is 0 Å². The van der Waals surface area contributed by atoms with E-state index in [9.17, 15) is 4.79 Å². The smallest absolute Gasteiger partial charge is 0.328 e. The summed E-state index contributed by atoms with van der Waals surface area (Å²) in [6, 6.07) is 8.00. The molecule has 2 amide bonds. The predicted octanol–water partition coefficient (Wildman–Crippen LogP) is 3.66. The number of para-hydroxylation sites is 1. The first-order chi connectivity index (χ1) is 10.8. The van der Waals surface area contributed by atoms with Crippen molar-refractivity contribution in [2.24, 2.45) is 0 Å². The number of ether oxygens (including phenoxy) is 1. The van der Waals surface area contributed by atoms with E-state index < -0.39 is 0 Å². The minimum atomic E-state index is -0.118. The Morgan fingerprint density at radius 2 is 2.27 bits per heavy atom. The highest BCUT2D eigenvalue weighted by Crippen LogP contribution is 2.27. The van der Waals surface area contributed by atoms with E-state index in [4.69, 9.17) is 4.74 Å². The Balaban J connectivity index is 1.76. The molecule has 0 aliphatic carbocycles. The van der Waals surface area contributed by atoms with Crippen molar-refractivity contribution >= 4 is 28.2 Å². The van der Waals surface area contributed by atoms with Crippen LogP contribution in [-0.4, -0.2) is 24.7 Å². The minimum Gasteiger partial charge on any atom is -0.379 e. The van der Waals surface area contributed by atoms with Gasteiger partial charge in [-0.25, -0.2) is 9.78 Å². The lowest BCUT2D eigenvalue weighted by Gasteiger charge is -2.22. The molecule has 0 saturated heterocycles. The van der Waals surface area contributed by atoms with E-state index in [1.165, 1.54) is 16.9 Å². The molecule has 5 nitrogen and oxygen atoms in total. The lowest BCUT2D eigenvalue weighted by Crippen LogP contribution is -2.35. The van der Waals surface area contributed by atoms with Crippen molar-refractivity contribution < 1.29 is 9.53 Å². The maximum absolute atomic E-state index is 12.6. The number of methoxy groups -OCH3 is 1. The van der Waals surface area contributed by atoms with Crippen LogP contribution in [0.4, 0.5) is 15.6 Å². The number of carbonyl (C=O) groups is 1. The number of carbonyl (C=O) groups excluding carboxylic acids is 1. The fourth-order valence-corrected chi connectivity index (χ4v) is 3.41. The van der Waals surface area contributed by atoms with Crippen molar-refractivity contribution in [1.82, 2.24) is 4.98 Å². The molecule has 1 aromatic carbocycles. The molecule has 1 aliphatic rings. The number of nitrogens with one attached hydrogen (secondary N) is 1. The SMILES string of the molecule is COCc1cnc(NC(=O)N2CCCCc3ccccc32)s1. The molecule has 1 aromatic heterocycles. The normalized spacial score (nSPS) is 14.3. The summed E-state index contributed by atoms with van der Waals surface area (Å²) in [4.78, 5) is 19.6. The second kappa shape index (κ2) is 6.89. The van der Waals surface area contributed by atoms with Gasteiger partial charge >= 0.3 is 6.03 Å². The lowest BCUT2D eigenvalue weighted by molar-refractivity contribution is 0.187. The molecule has 3 rings (SSSR count). The summed E-state index contributed by atoms with van der Waals surface area (Å²) in [5, 5.41) is 3.51. The van der Waals surface area contributed by atoms with Crippen LogP contribution in [-0.2, 0) is 17.8 Å². The molecular formula is C16H19N3O2S. The van der Waals surface area contributed by atoms with Gasteiger partial charge < -0.3 is 4.74 Å². The van der Waals surface area contributed by atoms with Gasteiger partial charge in [-0.3, -0.25) is 10.2 Å². The fourth-order valence-electron chi connectivity index (χ4n) is 2.64. The summed E-state index contributed by atoms with van der Waals surface area (Å²) in [5.41, 5.74) is 2.24. The van der Waals surface area contributed by atoms with Gasteiger partial charge in [0, 0.05) is 25.5 Å². The quantitative estimate of drug-likeness (QED) is 0.940. The van der Waals surface area contributed by atoms with Crippen LogP contribution in [0.1, 0.15) is 23.3 Å². The number of aromatic nitrogens is 1. The molecule has 0 spiro atoms. The zero-order valence-corrected chi connectivity index (χ0v) is 13.4. The van der Waals surface area contributed by atoms with Crippen molar-refractivity contribution in [3.05, 3.63) is 40.9 Å². The monoisotopic (exact) mass is 317 g/mol. The third-order valence-electron chi connectivity index (χ3n) is 3.66. The van der Waals surface area contributed by atoms with Crippen molar-refractivity contribution in [2.75, 3.05) is 23.9 Å². The number of hydrogen-bond donors (Lipinski definition) is 1. The van der Waals surface area contributed by atoms with Crippen LogP contribution in [0, 0.1) is 0 Å². The van der Waals surface area contributed by atoms with Gasteiger partial charge in [0.25, 0.3) is 0 Å². The molecule has 0 radical (unpaired) electrons. The Morgan fingerprint density at radius 3 is 3.14 bits per heavy atom. The van der Waals surface area contributed by atoms with Crippen molar-refractivity contribution in [3.8, 4) is 0 Å². The third kappa shape index (κ3) is 3.28. The maximum atomic E-state index is 12.6. The minimum absolute atomic E-state index is 0.118. The molecular weight excluding hydrogens is 298 g/mol. The van der Waals surface area contributed by atoms with Crippen molar-refractivity contribution in [3.63, 3.8) is 0 Å². The number of nitrogens with zero attached hydrogens (tertiary/aromatic N) is 2. The first kappa shape index (κ1) is 15.0. The molecule has 1 aliphatic heterocycles. The summed E-state index contributed by atoms with van der Waals surface area (Å²) in [5.74, 6) is 0. The molecule has 0 bridgehead atoms. The average molecular weight is 317 g/mol. The standard InChI is InChI=1S/C16H19N3O2S/c1-21-11-13-10-17-15(22-13)18-16(20)19-9-5-4-7-12-6-2-3-8-14(12)19/h2-3,6,8,10H,4-5,7,9,11H2,1H3,(H,17,18,20). The molecule has 2 heterocycles. The van der Waals surface area contributed by atoms with Gasteiger partial charge in [-0.15, -0.1) is 0 Å². The second-order valence-electron chi connectivity index (χ2n) is 5.23. The zero-order chi connectivity index (χ0) is 15.4. The van der Waals surface area contributed by atoms with Crippen LogP contribution >= 0.6 is 11.3 Å². The van der Waals surface area contributed by atoms with Gasteiger partial charge in [0.05, 0.1) is 11.5 Å². The van der Waals surface area contributed by atoms with E-state index in [1.807, 2.05) is 23.1 Å². The molecule has 6 heteroatoms. The number of hydrogen-bond acceptors (Lipinski definition) is 4. The number of thiazole rings is 1. The largest absolute Gasteiger partial charge is 0.379 e. The predicted molar refractivity (Wildman–Crippen MR) is 88.6 cm³/mol. The van der Waals surface area contributed by atoms with Crippen LogP contribution < -0.4 is 10.2 Å². The Hall–Kier alpha value is -1.92. The first-order valence-corrected chi connectivity index (χ1v) is 8.19. The molecule has 0 atom stereocenters. The highest BCUT2D eigenvalue weighted by molar-refractivity contribution is 7.15. The first-order valence-electron chi connectivity index (χ1n) is 7.38. The Labute approximate surface area is 133 Å². The van der Waals surface area contributed by atoms with Crippen molar-refractivity contribution in [1.29, 1.82) is 0 Å². The van der Waals surface area contributed by atoms with Crippen LogP contribution in [0.15, 0.2) is 30.5 Å². The van der Waals surface area contributed by atoms with Gasteiger partial charge in [0.15, 0.2) is 5.13 Å². The molecule has 22 heavy (non-hydrogen) atoms. The summed E-state index contributed by atoms with van der Waals surface area (Å²) >= 11 is 1.44. The third-order valence-corrected chi connectivity index (χ3v) is 4.55. The number of rotatable bonds is 3. The number of aryl methyl sites for hydroxylation is 1. The zero-order valence-electron chi connectivity index (χ0n) is 12.5. The summed E-state index contributed by atoms with van der Waals surface area (Å²) < 4.78 is 5.07. The fraction of sp³-hybridized carbons (Fsp3) is 0.375. The summed E-state index contributed by atoms with van der Waals surface area (Å²) in [6.07, 6.45) is 4.88. The van der Waals surface area contributed by atoms with E-state index in [0.29, 0.717) is 11.7 Å². The molecule has 0 unspecified atom stereocenters. The lowest BCUT2D eigenvalue weighted by atomic mass is 10.1. The number of fused-ring (bicyclic) bond motifs is 1. The molecule has 1 N–H and O–H groups in total. The van der Waals surface area contributed by atoms with Gasteiger partial charge in [-0.2, -0.15) is 0 Å². The van der Waals surface area contributed by atoms with Gasteiger partial charge in [-0.05, 0) is 30.9 Å². The Morgan fingerprint density at radius 1 is 1.41 bits per heavy atom. The Kier molecular flexibility index (Phi) is 4.70. The molecule has 2 aromatic rings. The number of amides is 2.